The summed E-state index contributed by atoms with van der Waals surface area (Å²) >= 11 is 5.50. The molecule has 0 spiro atoms. The zero-order valence-corrected chi connectivity index (χ0v) is 8.59. The average Bonchev–Trinajstić information content (AvgIpc) is 2.12. The Balaban J connectivity index is 0.000000671. The summed E-state index contributed by atoms with van der Waals surface area (Å²) in [7, 11) is 0. The second kappa shape index (κ2) is 5.54. The van der Waals surface area contributed by atoms with E-state index in [1.165, 1.54) is 12.3 Å². The van der Waals surface area contributed by atoms with Gasteiger partial charge >= 0.3 is 5.97 Å². The van der Waals surface area contributed by atoms with Crippen molar-refractivity contribution >= 4 is 17.6 Å². The second-order valence-electron chi connectivity index (χ2n) is 2.16. The molecule has 4 heteroatoms. The molecule has 0 saturated carbocycles. The summed E-state index contributed by atoms with van der Waals surface area (Å²) in [6, 6.07) is 1.48. The fraction of sp³-hybridized carbons (Fsp3) is 0.333. The van der Waals surface area contributed by atoms with Crippen molar-refractivity contribution in [3.05, 3.63) is 28.5 Å². The predicted octanol–water partition coefficient (Wildman–Crippen LogP) is 2.77. The second-order valence-corrected chi connectivity index (χ2v) is 2.51. The van der Waals surface area contributed by atoms with Gasteiger partial charge in [0.1, 0.15) is 5.15 Å². The predicted molar refractivity (Wildman–Crippen MR) is 52.3 cm³/mol. The Morgan fingerprint density at radius 1 is 1.54 bits per heavy atom. The number of aromatic carboxylic acids is 1. The molecule has 0 aromatic carbocycles. The van der Waals surface area contributed by atoms with E-state index in [2.05, 4.69) is 4.98 Å². The molecule has 1 heterocycles. The van der Waals surface area contributed by atoms with Gasteiger partial charge in [-0.1, -0.05) is 25.4 Å². The van der Waals surface area contributed by atoms with Crippen LogP contribution in [0.15, 0.2) is 12.3 Å². The van der Waals surface area contributed by atoms with Crippen LogP contribution in [0.4, 0.5) is 0 Å². The average molecular weight is 202 g/mol. The van der Waals surface area contributed by atoms with E-state index in [4.69, 9.17) is 16.7 Å². The first-order valence-corrected chi connectivity index (χ1v) is 4.34. The van der Waals surface area contributed by atoms with E-state index < -0.39 is 5.97 Å². The lowest BCUT2D eigenvalue weighted by atomic mass is 10.2. The number of aromatic nitrogens is 1. The van der Waals surface area contributed by atoms with Gasteiger partial charge in [-0.15, -0.1) is 0 Å². The molecule has 13 heavy (non-hydrogen) atoms. The molecule has 3 nitrogen and oxygen atoms in total. The van der Waals surface area contributed by atoms with Crippen LogP contribution in [0, 0.1) is 6.92 Å². The van der Waals surface area contributed by atoms with Crippen molar-refractivity contribution in [1.82, 2.24) is 4.98 Å². The lowest BCUT2D eigenvalue weighted by molar-refractivity contribution is 0.0696. The topological polar surface area (TPSA) is 50.2 Å². The van der Waals surface area contributed by atoms with Gasteiger partial charge in [-0.2, -0.15) is 0 Å². The van der Waals surface area contributed by atoms with Crippen molar-refractivity contribution in [2.45, 2.75) is 20.8 Å². The number of pyridine rings is 1. The number of carboxylic acids is 1. The molecule has 0 bridgehead atoms. The molecular weight excluding hydrogens is 190 g/mol. The molecule has 0 aliphatic rings. The van der Waals surface area contributed by atoms with Crippen LogP contribution in [0.1, 0.15) is 29.8 Å². The first-order valence-electron chi connectivity index (χ1n) is 3.96. The molecule has 1 aromatic rings. The number of halogens is 1. The van der Waals surface area contributed by atoms with Crippen LogP contribution in [0.5, 0.6) is 0 Å². The highest BCUT2D eigenvalue weighted by Crippen LogP contribution is 2.13. The summed E-state index contributed by atoms with van der Waals surface area (Å²) in [5.74, 6) is -1.05. The first-order chi connectivity index (χ1) is 6.11. The lowest BCUT2D eigenvalue weighted by Gasteiger charge is -1.97. The fourth-order valence-electron chi connectivity index (χ4n) is 0.702. The highest BCUT2D eigenvalue weighted by molar-refractivity contribution is 6.32. The molecule has 0 aliphatic heterocycles. The van der Waals surface area contributed by atoms with Gasteiger partial charge in [0.05, 0.1) is 5.56 Å². The van der Waals surface area contributed by atoms with Crippen LogP contribution in [0.3, 0.4) is 0 Å². The molecule has 0 unspecified atom stereocenters. The third-order valence-electron chi connectivity index (χ3n) is 1.21. The number of rotatable bonds is 1. The number of carboxylic acid groups (broad SMARTS) is 1. The van der Waals surface area contributed by atoms with Gasteiger partial charge in [0.2, 0.25) is 0 Å². The third kappa shape index (κ3) is 3.42. The zero-order chi connectivity index (χ0) is 10.4. The highest BCUT2D eigenvalue weighted by atomic mass is 35.5. The van der Waals surface area contributed by atoms with Crippen molar-refractivity contribution in [3.63, 3.8) is 0 Å². The fourth-order valence-corrected chi connectivity index (χ4v) is 0.887. The Labute approximate surface area is 82.4 Å². The monoisotopic (exact) mass is 201 g/mol. The van der Waals surface area contributed by atoms with E-state index in [0.717, 1.165) is 5.56 Å². The largest absolute Gasteiger partial charge is 0.478 e. The minimum Gasteiger partial charge on any atom is -0.478 e. The van der Waals surface area contributed by atoms with Crippen LogP contribution in [-0.4, -0.2) is 16.1 Å². The number of aryl methyl sites for hydroxylation is 1. The van der Waals surface area contributed by atoms with Gasteiger partial charge in [0.25, 0.3) is 0 Å². The molecule has 0 fully saturated rings. The van der Waals surface area contributed by atoms with Gasteiger partial charge < -0.3 is 5.11 Å². The zero-order valence-electron chi connectivity index (χ0n) is 7.84. The maximum absolute atomic E-state index is 10.4. The summed E-state index contributed by atoms with van der Waals surface area (Å²) in [5.41, 5.74) is 0.832. The molecule has 0 atom stereocenters. The van der Waals surface area contributed by atoms with Gasteiger partial charge in [0.15, 0.2) is 0 Å². The molecule has 72 valence electrons. The third-order valence-corrected chi connectivity index (χ3v) is 1.51. The molecule has 1 N–H and O–H groups in total. The summed E-state index contributed by atoms with van der Waals surface area (Å²) in [6.07, 6.45) is 1.52. The van der Waals surface area contributed by atoms with Crippen LogP contribution in [0.2, 0.25) is 5.15 Å². The van der Waals surface area contributed by atoms with E-state index >= 15 is 0 Å². The minimum absolute atomic E-state index is 0.0306. The van der Waals surface area contributed by atoms with Crippen LogP contribution < -0.4 is 0 Å². The maximum atomic E-state index is 10.4. The quantitative estimate of drug-likeness (QED) is 0.711. The van der Waals surface area contributed by atoms with Crippen molar-refractivity contribution in [2.24, 2.45) is 0 Å². The van der Waals surface area contributed by atoms with Crippen molar-refractivity contribution in [3.8, 4) is 0 Å². The Morgan fingerprint density at radius 2 is 2.08 bits per heavy atom. The first kappa shape index (κ1) is 11.9. The molecule has 0 aliphatic carbocycles. The van der Waals surface area contributed by atoms with E-state index in [1.54, 1.807) is 6.92 Å². The maximum Gasteiger partial charge on any atom is 0.338 e. The van der Waals surface area contributed by atoms with Crippen LogP contribution in [-0.2, 0) is 0 Å². The minimum atomic E-state index is -1.05. The van der Waals surface area contributed by atoms with Crippen LogP contribution >= 0.6 is 11.6 Å². The van der Waals surface area contributed by atoms with E-state index in [1.807, 2.05) is 13.8 Å². The molecule has 0 radical (unpaired) electrons. The Kier molecular flexibility index (Phi) is 5.07. The normalized spacial score (nSPS) is 8.62. The van der Waals surface area contributed by atoms with Crippen molar-refractivity contribution in [1.29, 1.82) is 0 Å². The lowest BCUT2D eigenvalue weighted by Crippen LogP contribution is -1.99. The van der Waals surface area contributed by atoms with E-state index in [9.17, 15) is 4.79 Å². The van der Waals surface area contributed by atoms with E-state index in [0.29, 0.717) is 0 Å². The van der Waals surface area contributed by atoms with Gasteiger partial charge in [-0.05, 0) is 18.6 Å². The smallest absolute Gasteiger partial charge is 0.338 e. The van der Waals surface area contributed by atoms with Crippen molar-refractivity contribution < 1.29 is 9.90 Å². The highest BCUT2D eigenvalue weighted by Gasteiger charge is 2.08. The molecule has 1 aromatic heterocycles. The Bertz CT molecular complexity index is 300. The number of hydrogen-bond acceptors (Lipinski definition) is 2. The summed E-state index contributed by atoms with van der Waals surface area (Å²) in [5, 5.41) is 8.60. The molecule has 0 amide bonds. The molecule has 0 saturated heterocycles. The molecule has 1 rings (SSSR count). The Hall–Kier alpha value is -1.09. The summed E-state index contributed by atoms with van der Waals surface area (Å²) in [4.78, 5) is 14.1. The summed E-state index contributed by atoms with van der Waals surface area (Å²) in [6.45, 7) is 5.76. The van der Waals surface area contributed by atoms with Crippen molar-refractivity contribution in [2.75, 3.05) is 0 Å². The number of carbonyl (C=O) groups is 1. The Morgan fingerprint density at radius 3 is 2.46 bits per heavy atom. The van der Waals surface area contributed by atoms with Gasteiger partial charge in [-0.3, -0.25) is 0 Å². The van der Waals surface area contributed by atoms with E-state index in [-0.39, 0.29) is 10.7 Å². The van der Waals surface area contributed by atoms with Crippen LogP contribution in [0.25, 0.3) is 0 Å². The number of nitrogens with zero attached hydrogens (tertiary/aromatic N) is 1. The van der Waals surface area contributed by atoms with Gasteiger partial charge in [-0.25, -0.2) is 9.78 Å². The standard InChI is InChI=1S/C7H6ClNO2.C2H6/c1-4-2-5(7(10)11)6(8)9-3-4;1-2/h2-3H,1H3,(H,10,11);1-2H3. The number of hydrogen-bond donors (Lipinski definition) is 1. The molecular formula is C9H12ClNO2. The SMILES string of the molecule is CC.Cc1cnc(Cl)c(C(=O)O)c1. The van der Waals surface area contributed by atoms with Gasteiger partial charge in [0, 0.05) is 6.20 Å². The summed E-state index contributed by atoms with van der Waals surface area (Å²) < 4.78 is 0.